The highest BCUT2D eigenvalue weighted by atomic mass is 35.5. The Hall–Kier alpha value is -1.19. The Morgan fingerprint density at radius 1 is 1.04 bits per heavy atom. The molecular formula is C19H30ClN2O-. The molecule has 130 valence electrons. The second kappa shape index (κ2) is 11.4. The SMILES string of the molecule is CCCCCCCCCOc1ccc2[nH]cc(CCN)c2c1.[Cl-]. The quantitative estimate of drug-likeness (QED) is 0.614. The van der Waals surface area contributed by atoms with Crippen LogP contribution < -0.4 is 22.9 Å². The molecule has 0 fully saturated rings. The first kappa shape index (κ1) is 19.9. The number of nitrogens with two attached hydrogens (primary N) is 1. The molecule has 23 heavy (non-hydrogen) atoms. The van der Waals surface area contributed by atoms with Crippen molar-refractivity contribution in [3.8, 4) is 5.75 Å². The van der Waals surface area contributed by atoms with E-state index in [1.165, 1.54) is 49.5 Å². The number of fused-ring (bicyclic) bond motifs is 1. The van der Waals surface area contributed by atoms with Gasteiger partial charge in [-0.05, 0) is 43.1 Å². The van der Waals surface area contributed by atoms with Crippen LogP contribution in [0, 0.1) is 0 Å². The Balaban J connectivity index is 0.00000264. The molecule has 0 saturated carbocycles. The molecule has 1 heterocycles. The number of ether oxygens (including phenoxy) is 1. The van der Waals surface area contributed by atoms with Crippen LogP contribution in [0.25, 0.3) is 10.9 Å². The highest BCUT2D eigenvalue weighted by Gasteiger charge is 2.04. The van der Waals surface area contributed by atoms with Crippen molar-refractivity contribution >= 4 is 10.9 Å². The Morgan fingerprint density at radius 2 is 1.78 bits per heavy atom. The summed E-state index contributed by atoms with van der Waals surface area (Å²) in [6, 6.07) is 6.28. The van der Waals surface area contributed by atoms with Gasteiger partial charge < -0.3 is 27.9 Å². The molecule has 0 amide bonds. The third-order valence-electron chi connectivity index (χ3n) is 4.17. The molecule has 4 heteroatoms. The van der Waals surface area contributed by atoms with Gasteiger partial charge in [-0.25, -0.2) is 0 Å². The maximum absolute atomic E-state index is 5.90. The van der Waals surface area contributed by atoms with Gasteiger partial charge in [0, 0.05) is 17.1 Å². The van der Waals surface area contributed by atoms with E-state index in [1.54, 1.807) is 0 Å². The smallest absolute Gasteiger partial charge is 0.120 e. The van der Waals surface area contributed by atoms with Crippen LogP contribution in [0.3, 0.4) is 0 Å². The first-order valence-electron chi connectivity index (χ1n) is 8.78. The monoisotopic (exact) mass is 337 g/mol. The molecule has 0 saturated heterocycles. The number of benzene rings is 1. The highest BCUT2D eigenvalue weighted by molar-refractivity contribution is 5.84. The molecule has 1 aromatic heterocycles. The van der Waals surface area contributed by atoms with E-state index in [1.807, 2.05) is 6.07 Å². The third-order valence-corrected chi connectivity index (χ3v) is 4.17. The summed E-state index contributed by atoms with van der Waals surface area (Å²) in [4.78, 5) is 3.29. The Bertz CT molecular complexity index is 553. The van der Waals surface area contributed by atoms with Crippen LogP contribution in [0.1, 0.15) is 57.4 Å². The molecule has 0 atom stereocenters. The van der Waals surface area contributed by atoms with Crippen molar-refractivity contribution in [3.63, 3.8) is 0 Å². The number of unbranched alkanes of at least 4 members (excludes halogenated alkanes) is 6. The minimum absolute atomic E-state index is 0. The lowest BCUT2D eigenvalue weighted by Crippen LogP contribution is -3.00. The summed E-state index contributed by atoms with van der Waals surface area (Å²) in [5.74, 6) is 0.969. The van der Waals surface area contributed by atoms with Gasteiger partial charge in [0.15, 0.2) is 0 Å². The Labute approximate surface area is 146 Å². The number of hydrogen-bond donors (Lipinski definition) is 2. The molecule has 0 aliphatic rings. The second-order valence-electron chi connectivity index (χ2n) is 6.03. The maximum atomic E-state index is 5.90. The van der Waals surface area contributed by atoms with Crippen LogP contribution >= 0.6 is 0 Å². The summed E-state index contributed by atoms with van der Waals surface area (Å²) in [5.41, 5.74) is 8.10. The van der Waals surface area contributed by atoms with Gasteiger partial charge in [-0.3, -0.25) is 0 Å². The van der Waals surface area contributed by atoms with E-state index in [0.717, 1.165) is 30.7 Å². The maximum Gasteiger partial charge on any atom is 0.120 e. The predicted octanol–water partition coefficient (Wildman–Crippen LogP) is 1.80. The van der Waals surface area contributed by atoms with Crippen LogP contribution in [0.4, 0.5) is 0 Å². The Morgan fingerprint density at radius 3 is 2.52 bits per heavy atom. The van der Waals surface area contributed by atoms with Gasteiger partial charge in [-0.15, -0.1) is 0 Å². The fourth-order valence-corrected chi connectivity index (χ4v) is 2.86. The predicted molar refractivity (Wildman–Crippen MR) is 94.5 cm³/mol. The van der Waals surface area contributed by atoms with Gasteiger partial charge in [0.05, 0.1) is 6.61 Å². The summed E-state index contributed by atoms with van der Waals surface area (Å²) in [7, 11) is 0. The molecule has 0 bridgehead atoms. The number of halogens is 1. The first-order valence-corrected chi connectivity index (χ1v) is 8.78. The van der Waals surface area contributed by atoms with Crippen molar-refractivity contribution in [2.24, 2.45) is 5.73 Å². The van der Waals surface area contributed by atoms with Gasteiger partial charge in [-0.1, -0.05) is 45.4 Å². The van der Waals surface area contributed by atoms with Crippen LogP contribution in [0.2, 0.25) is 0 Å². The molecular weight excluding hydrogens is 308 g/mol. The van der Waals surface area contributed by atoms with E-state index in [0.29, 0.717) is 6.54 Å². The lowest BCUT2D eigenvalue weighted by atomic mass is 10.1. The number of nitrogens with one attached hydrogen (secondary N) is 1. The number of aromatic amines is 1. The highest BCUT2D eigenvalue weighted by Crippen LogP contribution is 2.24. The summed E-state index contributed by atoms with van der Waals surface area (Å²) >= 11 is 0. The lowest BCUT2D eigenvalue weighted by molar-refractivity contribution is -0.00000526. The zero-order valence-electron chi connectivity index (χ0n) is 14.2. The second-order valence-corrected chi connectivity index (χ2v) is 6.03. The van der Waals surface area contributed by atoms with E-state index in [9.17, 15) is 0 Å². The van der Waals surface area contributed by atoms with Crippen molar-refractivity contribution in [1.29, 1.82) is 0 Å². The average molecular weight is 338 g/mol. The fourth-order valence-electron chi connectivity index (χ4n) is 2.86. The van der Waals surface area contributed by atoms with E-state index in [-0.39, 0.29) is 12.4 Å². The first-order chi connectivity index (χ1) is 10.8. The minimum atomic E-state index is 0. The fraction of sp³-hybridized carbons (Fsp3) is 0.579. The van der Waals surface area contributed by atoms with E-state index < -0.39 is 0 Å². The molecule has 2 rings (SSSR count). The largest absolute Gasteiger partial charge is 1.00 e. The van der Waals surface area contributed by atoms with Crippen molar-refractivity contribution < 1.29 is 17.1 Å². The van der Waals surface area contributed by atoms with Crippen molar-refractivity contribution in [2.75, 3.05) is 13.2 Å². The Kier molecular flexibility index (Phi) is 9.81. The number of H-pyrrole nitrogens is 1. The van der Waals surface area contributed by atoms with Crippen LogP contribution in [-0.2, 0) is 6.42 Å². The lowest BCUT2D eigenvalue weighted by Gasteiger charge is -2.07. The van der Waals surface area contributed by atoms with Gasteiger partial charge in [-0.2, -0.15) is 0 Å². The van der Waals surface area contributed by atoms with E-state index >= 15 is 0 Å². The minimum Gasteiger partial charge on any atom is -1.00 e. The number of hydrogen-bond acceptors (Lipinski definition) is 2. The van der Waals surface area contributed by atoms with Crippen LogP contribution in [0.5, 0.6) is 5.75 Å². The summed E-state index contributed by atoms with van der Waals surface area (Å²) < 4.78 is 5.90. The zero-order chi connectivity index (χ0) is 15.6. The average Bonchev–Trinajstić information content (AvgIpc) is 2.93. The van der Waals surface area contributed by atoms with E-state index in [4.69, 9.17) is 10.5 Å². The molecule has 0 unspecified atom stereocenters. The van der Waals surface area contributed by atoms with Crippen LogP contribution in [0.15, 0.2) is 24.4 Å². The standard InChI is InChI=1S/C19H30N2O.ClH/c1-2-3-4-5-6-7-8-13-22-17-9-10-19-18(14-17)16(11-12-20)15-21-19;/h9-10,14-15,21H,2-8,11-13,20H2,1H3;1H/p-1. The normalized spacial score (nSPS) is 10.7. The third kappa shape index (κ3) is 6.44. The molecule has 3 nitrogen and oxygen atoms in total. The van der Waals surface area contributed by atoms with Gasteiger partial charge in [0.25, 0.3) is 0 Å². The van der Waals surface area contributed by atoms with Crippen molar-refractivity contribution in [3.05, 3.63) is 30.0 Å². The van der Waals surface area contributed by atoms with Crippen molar-refractivity contribution in [1.82, 2.24) is 4.98 Å². The molecule has 0 radical (unpaired) electrons. The van der Waals surface area contributed by atoms with Crippen LogP contribution in [-0.4, -0.2) is 18.1 Å². The molecule has 3 N–H and O–H groups in total. The summed E-state index contributed by atoms with van der Waals surface area (Å²) in [6.07, 6.45) is 12.1. The summed E-state index contributed by atoms with van der Waals surface area (Å²) in [6.45, 7) is 3.75. The summed E-state index contributed by atoms with van der Waals surface area (Å²) in [5, 5.41) is 1.24. The molecule has 1 aromatic carbocycles. The molecule has 0 aliphatic heterocycles. The van der Waals surface area contributed by atoms with E-state index in [2.05, 4.69) is 30.2 Å². The molecule has 0 spiro atoms. The zero-order valence-corrected chi connectivity index (χ0v) is 15.0. The molecule has 0 aliphatic carbocycles. The molecule has 2 aromatic rings. The van der Waals surface area contributed by atoms with Gasteiger partial charge in [0.1, 0.15) is 5.75 Å². The van der Waals surface area contributed by atoms with Gasteiger partial charge in [0.2, 0.25) is 0 Å². The van der Waals surface area contributed by atoms with Gasteiger partial charge >= 0.3 is 0 Å². The number of aromatic nitrogens is 1. The topological polar surface area (TPSA) is 51.0 Å². The number of rotatable bonds is 11. The van der Waals surface area contributed by atoms with Crippen molar-refractivity contribution in [2.45, 2.75) is 58.3 Å².